The molecule has 2 fully saturated rings. The van der Waals surface area contributed by atoms with Crippen molar-refractivity contribution in [2.75, 3.05) is 5.32 Å². The lowest BCUT2D eigenvalue weighted by atomic mass is 9.95. The number of anilines is 1. The molecule has 0 spiro atoms. The largest absolute Gasteiger partial charge is 0.367 e. The third kappa shape index (κ3) is 2.20. The van der Waals surface area contributed by atoms with Gasteiger partial charge >= 0.3 is 0 Å². The van der Waals surface area contributed by atoms with Crippen LogP contribution in [0, 0.1) is 11.8 Å². The third-order valence-electron chi connectivity index (χ3n) is 4.45. The summed E-state index contributed by atoms with van der Waals surface area (Å²) in [5, 5.41) is 4.24. The summed E-state index contributed by atoms with van der Waals surface area (Å²) in [4.78, 5) is 8.49. The van der Waals surface area contributed by atoms with Crippen molar-refractivity contribution in [3.63, 3.8) is 0 Å². The van der Waals surface area contributed by atoms with Gasteiger partial charge in [0.15, 0.2) is 0 Å². The highest BCUT2D eigenvalue weighted by Gasteiger charge is 2.39. The molecular weight excluding hydrogens is 246 g/mol. The van der Waals surface area contributed by atoms with Crippen molar-refractivity contribution in [2.24, 2.45) is 11.8 Å². The molecule has 2 saturated carbocycles. The number of fused-ring (bicyclic) bond motifs is 2. The van der Waals surface area contributed by atoms with Gasteiger partial charge in [0.2, 0.25) is 0 Å². The molecule has 3 atom stereocenters. The molecule has 98 valence electrons. The predicted molar refractivity (Wildman–Crippen MR) is 73.9 cm³/mol. The summed E-state index contributed by atoms with van der Waals surface area (Å²) < 4.78 is 0. The van der Waals surface area contributed by atoms with Crippen molar-refractivity contribution < 1.29 is 0 Å². The highest BCUT2D eigenvalue weighted by Crippen LogP contribution is 2.45. The molecule has 0 radical (unpaired) electrons. The first-order chi connectivity index (χ1) is 8.78. The lowest BCUT2D eigenvalue weighted by molar-refractivity contribution is 0.438. The van der Waals surface area contributed by atoms with Crippen LogP contribution >= 0.6 is 11.6 Å². The molecule has 2 aliphatic rings. The smallest absolute Gasteiger partial charge is 0.137 e. The summed E-state index contributed by atoms with van der Waals surface area (Å²) in [6, 6.07) is 0.602. The quantitative estimate of drug-likeness (QED) is 0.844. The fourth-order valence-corrected chi connectivity index (χ4v) is 3.81. The Hall–Kier alpha value is -0.830. The molecule has 3 nitrogen and oxygen atoms in total. The molecular formula is C14H20ClN3. The zero-order valence-electron chi connectivity index (χ0n) is 10.8. The second-order valence-corrected chi connectivity index (χ2v) is 6.03. The minimum Gasteiger partial charge on any atom is -0.367 e. The highest BCUT2D eigenvalue weighted by atomic mass is 35.5. The molecule has 0 aliphatic heterocycles. The van der Waals surface area contributed by atoms with Crippen LogP contribution in [0.4, 0.5) is 5.82 Å². The second kappa shape index (κ2) is 5.04. The van der Waals surface area contributed by atoms with E-state index in [0.717, 1.165) is 36.1 Å². The van der Waals surface area contributed by atoms with Gasteiger partial charge in [-0.3, -0.25) is 0 Å². The van der Waals surface area contributed by atoms with Gasteiger partial charge in [-0.1, -0.05) is 31.4 Å². The zero-order valence-corrected chi connectivity index (χ0v) is 11.6. The number of rotatable bonds is 4. The number of nitrogens with one attached hydrogen (secondary N) is 1. The molecule has 0 saturated heterocycles. The van der Waals surface area contributed by atoms with Crippen LogP contribution in [0.1, 0.15) is 44.6 Å². The average Bonchev–Trinajstić information content (AvgIpc) is 2.96. The Labute approximate surface area is 113 Å². The van der Waals surface area contributed by atoms with Gasteiger partial charge in [0.25, 0.3) is 0 Å². The Morgan fingerprint density at radius 2 is 2.22 bits per heavy atom. The van der Waals surface area contributed by atoms with E-state index in [4.69, 9.17) is 11.6 Å². The minimum absolute atomic E-state index is 0.602. The maximum Gasteiger partial charge on any atom is 0.137 e. The van der Waals surface area contributed by atoms with Crippen LogP contribution in [0.15, 0.2) is 6.33 Å². The Morgan fingerprint density at radius 1 is 1.33 bits per heavy atom. The summed E-state index contributed by atoms with van der Waals surface area (Å²) in [7, 11) is 0. The summed E-state index contributed by atoms with van der Waals surface area (Å²) in [5.74, 6) is 2.76. The van der Waals surface area contributed by atoms with Gasteiger partial charge in [-0.05, 0) is 37.5 Å². The maximum absolute atomic E-state index is 6.18. The zero-order chi connectivity index (χ0) is 12.5. The Kier molecular flexibility index (Phi) is 3.42. The van der Waals surface area contributed by atoms with Crippen molar-refractivity contribution in [2.45, 2.75) is 51.5 Å². The summed E-state index contributed by atoms with van der Waals surface area (Å²) in [6.45, 7) is 2.16. The fourth-order valence-electron chi connectivity index (χ4n) is 3.58. The third-order valence-corrected chi connectivity index (χ3v) is 4.78. The second-order valence-electron chi connectivity index (χ2n) is 5.67. The van der Waals surface area contributed by atoms with E-state index in [9.17, 15) is 0 Å². The Morgan fingerprint density at radius 3 is 2.89 bits per heavy atom. The monoisotopic (exact) mass is 265 g/mol. The van der Waals surface area contributed by atoms with Crippen LogP contribution < -0.4 is 5.32 Å². The molecule has 1 aromatic rings. The molecule has 1 heterocycles. The standard InChI is InChI=1S/C14H20ClN3/c1-2-3-11-13(15)16-8-17-14(11)18-12-7-9-4-5-10(12)6-9/h8-10,12H,2-7H2,1H3,(H,16,17,18). The number of aromatic nitrogens is 2. The van der Waals surface area contributed by atoms with Crippen molar-refractivity contribution in [1.29, 1.82) is 0 Å². The summed E-state index contributed by atoms with van der Waals surface area (Å²) >= 11 is 6.18. The molecule has 18 heavy (non-hydrogen) atoms. The predicted octanol–water partition coefficient (Wildman–Crippen LogP) is 3.68. The fraction of sp³-hybridized carbons (Fsp3) is 0.714. The maximum atomic E-state index is 6.18. The van der Waals surface area contributed by atoms with Crippen LogP contribution in [0.25, 0.3) is 0 Å². The molecule has 4 heteroatoms. The van der Waals surface area contributed by atoms with Gasteiger partial charge in [0, 0.05) is 11.6 Å². The SMILES string of the molecule is CCCc1c(Cl)ncnc1NC1CC2CCC1C2. The van der Waals surface area contributed by atoms with Crippen LogP contribution in [0.3, 0.4) is 0 Å². The number of nitrogens with zero attached hydrogens (tertiary/aromatic N) is 2. The number of hydrogen-bond acceptors (Lipinski definition) is 3. The minimum atomic E-state index is 0.602. The summed E-state index contributed by atoms with van der Waals surface area (Å²) in [6.07, 6.45) is 9.09. The van der Waals surface area contributed by atoms with Crippen molar-refractivity contribution >= 4 is 17.4 Å². The Bertz CT molecular complexity index is 435. The number of hydrogen-bond donors (Lipinski definition) is 1. The van der Waals surface area contributed by atoms with E-state index >= 15 is 0 Å². The lowest BCUT2D eigenvalue weighted by Gasteiger charge is -2.24. The molecule has 2 bridgehead atoms. The van der Waals surface area contributed by atoms with Gasteiger partial charge in [-0.2, -0.15) is 0 Å². The van der Waals surface area contributed by atoms with Crippen LogP contribution in [0.2, 0.25) is 5.15 Å². The van der Waals surface area contributed by atoms with Gasteiger partial charge < -0.3 is 5.32 Å². The first-order valence-corrected chi connectivity index (χ1v) is 7.41. The van der Waals surface area contributed by atoms with Crippen LogP contribution in [-0.2, 0) is 6.42 Å². The van der Waals surface area contributed by atoms with E-state index < -0.39 is 0 Å². The first kappa shape index (κ1) is 12.2. The van der Waals surface area contributed by atoms with Crippen LogP contribution in [0.5, 0.6) is 0 Å². The van der Waals surface area contributed by atoms with Gasteiger partial charge in [-0.15, -0.1) is 0 Å². The molecule has 0 aromatic carbocycles. The summed E-state index contributed by atoms with van der Waals surface area (Å²) in [5.41, 5.74) is 1.09. The van der Waals surface area contributed by atoms with Crippen molar-refractivity contribution in [3.8, 4) is 0 Å². The van der Waals surface area contributed by atoms with Crippen molar-refractivity contribution in [3.05, 3.63) is 17.0 Å². The molecule has 3 rings (SSSR count). The van der Waals surface area contributed by atoms with E-state index in [1.165, 1.54) is 25.7 Å². The van der Waals surface area contributed by atoms with Crippen molar-refractivity contribution in [1.82, 2.24) is 9.97 Å². The van der Waals surface area contributed by atoms with Gasteiger partial charge in [0.1, 0.15) is 17.3 Å². The molecule has 3 unspecified atom stereocenters. The molecule has 0 amide bonds. The van der Waals surface area contributed by atoms with E-state index in [2.05, 4.69) is 22.2 Å². The van der Waals surface area contributed by atoms with Crippen LogP contribution in [-0.4, -0.2) is 16.0 Å². The van der Waals surface area contributed by atoms with E-state index in [1.807, 2.05) is 0 Å². The first-order valence-electron chi connectivity index (χ1n) is 7.03. The van der Waals surface area contributed by atoms with E-state index in [-0.39, 0.29) is 0 Å². The van der Waals surface area contributed by atoms with E-state index in [1.54, 1.807) is 6.33 Å². The number of halogens is 1. The Balaban J connectivity index is 1.78. The van der Waals surface area contributed by atoms with Gasteiger partial charge in [-0.25, -0.2) is 9.97 Å². The highest BCUT2D eigenvalue weighted by molar-refractivity contribution is 6.30. The average molecular weight is 266 g/mol. The van der Waals surface area contributed by atoms with E-state index in [0.29, 0.717) is 11.2 Å². The normalized spacial score (nSPS) is 29.8. The lowest BCUT2D eigenvalue weighted by Crippen LogP contribution is -2.27. The molecule has 1 aromatic heterocycles. The molecule has 2 aliphatic carbocycles. The topological polar surface area (TPSA) is 37.8 Å². The van der Waals surface area contributed by atoms with Gasteiger partial charge in [0.05, 0.1) is 0 Å². The molecule has 1 N–H and O–H groups in total.